The maximum Gasteiger partial charge on any atom is 0.271 e. The summed E-state index contributed by atoms with van der Waals surface area (Å²) in [6, 6.07) is 2.23. The van der Waals surface area contributed by atoms with Crippen LogP contribution in [-0.2, 0) is 20.1 Å². The van der Waals surface area contributed by atoms with Crippen molar-refractivity contribution in [2.24, 2.45) is 7.05 Å². The number of nitrogens with one attached hydrogen (secondary N) is 1. The Hall–Kier alpha value is -2.54. The first-order valence-corrected chi connectivity index (χ1v) is 16.3. The van der Waals surface area contributed by atoms with E-state index >= 15 is 0 Å². The number of aryl methyl sites for hydroxylation is 2. The molecule has 4 aromatic rings. The van der Waals surface area contributed by atoms with Crippen molar-refractivity contribution in [3.05, 3.63) is 45.3 Å². The minimum atomic E-state index is -0.174. The Labute approximate surface area is 227 Å². The second-order valence-electron chi connectivity index (χ2n) is 9.44. The molecule has 0 saturated carbocycles. The van der Waals surface area contributed by atoms with Gasteiger partial charge in [-0.3, -0.25) is 24.5 Å². The van der Waals surface area contributed by atoms with Gasteiger partial charge in [-0.25, -0.2) is 9.13 Å². The van der Waals surface area contributed by atoms with Crippen LogP contribution < -0.4 is 10.3 Å². The van der Waals surface area contributed by atoms with E-state index in [1.165, 1.54) is 0 Å². The van der Waals surface area contributed by atoms with Gasteiger partial charge in [0, 0.05) is 25.0 Å². The van der Waals surface area contributed by atoms with Crippen LogP contribution >= 0.6 is 28.4 Å². The number of nitrogens with zero attached hydrogens (tertiary/aromatic N) is 7. The van der Waals surface area contributed by atoms with Crippen LogP contribution in [0.2, 0.25) is 0 Å². The van der Waals surface area contributed by atoms with Crippen molar-refractivity contribution in [1.29, 1.82) is 0 Å². The molecule has 2 aliphatic rings. The lowest BCUT2D eigenvalue weighted by Gasteiger charge is -2.25. The Morgan fingerprint density at radius 2 is 2.19 bits per heavy atom. The molecule has 0 aromatic carbocycles. The van der Waals surface area contributed by atoms with Gasteiger partial charge in [0.05, 0.1) is 65.1 Å². The number of aromatic amines is 1. The molecule has 1 fully saturated rings. The molecule has 2 aliphatic heterocycles. The Morgan fingerprint density at radius 3 is 3.00 bits per heavy atom. The van der Waals surface area contributed by atoms with Crippen molar-refractivity contribution in [2.75, 3.05) is 19.8 Å². The number of aromatic nitrogens is 7. The van der Waals surface area contributed by atoms with Crippen LogP contribution in [0.4, 0.5) is 0 Å². The lowest BCUT2D eigenvalue weighted by Crippen LogP contribution is -2.35. The largest absolute Gasteiger partial charge is 0.476 e. The van der Waals surface area contributed by atoms with Gasteiger partial charge in [-0.1, -0.05) is 0 Å². The minimum absolute atomic E-state index is 0.0582. The molecule has 1 saturated heterocycles. The molecule has 0 spiro atoms. The Bertz CT molecular complexity index is 1570. The molecule has 37 heavy (non-hydrogen) atoms. The highest BCUT2D eigenvalue weighted by Crippen LogP contribution is 2.37. The van der Waals surface area contributed by atoms with Gasteiger partial charge >= 0.3 is 0 Å². The number of aliphatic hydroxyl groups is 1. The fraction of sp³-hybridized carbons (Fsp3) is 0.417. The fourth-order valence-electron chi connectivity index (χ4n) is 5.44. The minimum Gasteiger partial charge on any atom is -0.476 e. The van der Waals surface area contributed by atoms with Crippen molar-refractivity contribution in [1.82, 2.24) is 39.0 Å². The van der Waals surface area contributed by atoms with E-state index in [4.69, 9.17) is 14.8 Å². The first-order chi connectivity index (χ1) is 18.0. The zero-order valence-corrected chi connectivity index (χ0v) is 23.8. The van der Waals surface area contributed by atoms with E-state index < -0.39 is 0 Å². The summed E-state index contributed by atoms with van der Waals surface area (Å²) in [5.74, 6) is 0.700. The molecule has 0 amide bonds. The third-order valence-electron chi connectivity index (χ3n) is 7.21. The smallest absolute Gasteiger partial charge is 0.271 e. The standard InChI is InChI=1S/C24H28IN8O3P/c1-14-22-19-10-17-18(28-33(37-25)20(17)11-26-19)6-5-16-21(32(8-9-34)29-23(16)35)12-31-7-3-4-15(31)13-36-24(22)30(2)27-14/h5-6,10-11,15,34,37H,3-4,7-9,12-13H2,1-2H3,(H,29,35)/b6-5+/t15-/m1/s1. The lowest BCUT2D eigenvalue weighted by molar-refractivity contribution is 0.156. The second-order valence-corrected chi connectivity index (χ2v) is 11.5. The summed E-state index contributed by atoms with van der Waals surface area (Å²) < 4.78 is 11.9. The van der Waals surface area contributed by atoms with E-state index in [0.29, 0.717) is 37.5 Å². The quantitative estimate of drug-likeness (QED) is 0.263. The first-order valence-electron chi connectivity index (χ1n) is 12.3. The molecule has 2 bridgehead atoms. The Morgan fingerprint density at radius 1 is 1.32 bits per heavy atom. The zero-order valence-electron chi connectivity index (χ0n) is 20.6. The third-order valence-corrected chi connectivity index (χ3v) is 9.09. The number of rotatable bonds is 3. The van der Waals surface area contributed by atoms with Gasteiger partial charge in [-0.15, -0.1) is 0 Å². The van der Waals surface area contributed by atoms with Crippen LogP contribution in [0.25, 0.3) is 34.3 Å². The molecule has 4 aromatic heterocycles. The van der Waals surface area contributed by atoms with Gasteiger partial charge in [0.15, 0.2) is 0 Å². The molecule has 0 aliphatic carbocycles. The van der Waals surface area contributed by atoms with Crippen molar-refractivity contribution in [3.63, 3.8) is 0 Å². The molecule has 13 heteroatoms. The molecule has 2 N–H and O–H groups in total. The van der Waals surface area contributed by atoms with Crippen LogP contribution in [0, 0.1) is 6.92 Å². The summed E-state index contributed by atoms with van der Waals surface area (Å²) >= 11 is 2.31. The van der Waals surface area contributed by atoms with Crippen molar-refractivity contribution in [2.45, 2.75) is 38.9 Å². The van der Waals surface area contributed by atoms with E-state index in [9.17, 15) is 9.90 Å². The Kier molecular flexibility index (Phi) is 6.68. The first kappa shape index (κ1) is 24.8. The van der Waals surface area contributed by atoms with E-state index in [-0.39, 0.29) is 18.2 Å². The number of pyridine rings is 1. The number of ether oxygens (including phenoxy) is 1. The van der Waals surface area contributed by atoms with Gasteiger partial charge < -0.3 is 9.84 Å². The SMILES string of the molecule is Cc1nn(C)c2c1-c1cc3c(nn(PI)c3cn1)/C=C/c1c(n(CCO)[nH]c1=O)CN1CCC[C@@H]1CO2. The molecule has 194 valence electrons. The number of hydrogen-bond donors (Lipinski definition) is 2. The van der Waals surface area contributed by atoms with E-state index in [1.807, 2.05) is 42.8 Å². The van der Waals surface area contributed by atoms with Crippen LogP contribution in [0.1, 0.15) is 35.5 Å². The van der Waals surface area contributed by atoms with Crippen LogP contribution in [0.3, 0.4) is 0 Å². The summed E-state index contributed by atoms with van der Waals surface area (Å²) in [6.45, 7) is 4.25. The van der Waals surface area contributed by atoms with Gasteiger partial charge in [0.25, 0.3) is 5.56 Å². The average molecular weight is 634 g/mol. The normalized spacial score (nSPS) is 19.1. The van der Waals surface area contributed by atoms with Crippen molar-refractivity contribution < 1.29 is 9.84 Å². The Balaban J connectivity index is 1.57. The van der Waals surface area contributed by atoms with Gasteiger partial charge in [-0.05, 0) is 66.6 Å². The maximum absolute atomic E-state index is 13.0. The highest BCUT2D eigenvalue weighted by atomic mass is 127. The monoisotopic (exact) mass is 634 g/mol. The third kappa shape index (κ3) is 4.33. The topological polar surface area (TPSA) is 119 Å². The molecular formula is C24H28IN8O3P. The molecular weight excluding hydrogens is 606 g/mol. The average Bonchev–Trinajstić information content (AvgIpc) is 3.61. The summed E-state index contributed by atoms with van der Waals surface area (Å²) in [5.41, 5.74) is 5.49. The second kappa shape index (κ2) is 9.97. The molecule has 0 radical (unpaired) electrons. The number of aliphatic hydroxyl groups excluding tert-OH is 1. The van der Waals surface area contributed by atoms with Crippen LogP contribution in [-0.4, -0.2) is 69.9 Å². The lowest BCUT2D eigenvalue weighted by atomic mass is 10.1. The summed E-state index contributed by atoms with van der Waals surface area (Å²) in [5, 5.41) is 23.0. The fourth-order valence-corrected chi connectivity index (χ4v) is 6.96. The van der Waals surface area contributed by atoms with Gasteiger partial charge in [0.2, 0.25) is 5.88 Å². The predicted octanol–water partition coefficient (Wildman–Crippen LogP) is 2.94. The zero-order chi connectivity index (χ0) is 25.7. The number of H-pyrrole nitrogens is 1. The van der Waals surface area contributed by atoms with E-state index in [2.05, 4.69) is 37.1 Å². The molecule has 1 unspecified atom stereocenters. The van der Waals surface area contributed by atoms with Gasteiger partial charge in [0.1, 0.15) is 6.61 Å². The van der Waals surface area contributed by atoms with E-state index in [0.717, 1.165) is 58.6 Å². The summed E-state index contributed by atoms with van der Waals surface area (Å²) in [7, 11) is 1.90. The molecule has 6 rings (SSSR count). The highest BCUT2D eigenvalue weighted by Gasteiger charge is 2.29. The van der Waals surface area contributed by atoms with E-state index in [1.54, 1.807) is 9.36 Å². The summed E-state index contributed by atoms with van der Waals surface area (Å²) in [4.78, 5) is 20.2. The number of halogens is 1. The van der Waals surface area contributed by atoms with Gasteiger partial charge in [-0.2, -0.15) is 10.2 Å². The van der Waals surface area contributed by atoms with Crippen LogP contribution in [0.5, 0.6) is 5.88 Å². The number of fused-ring (bicyclic) bond motifs is 5. The number of hydrogen-bond acceptors (Lipinski definition) is 7. The van der Waals surface area contributed by atoms with Crippen molar-refractivity contribution >= 4 is 51.5 Å². The summed E-state index contributed by atoms with van der Waals surface area (Å²) in [6.07, 6.45) is 8.08. The van der Waals surface area contributed by atoms with Crippen LogP contribution in [0.15, 0.2) is 17.1 Å². The molecule has 2 atom stereocenters. The maximum atomic E-state index is 13.0. The highest BCUT2D eigenvalue weighted by molar-refractivity contribution is 14.2. The predicted molar refractivity (Wildman–Crippen MR) is 152 cm³/mol. The molecule has 6 heterocycles. The van der Waals surface area contributed by atoms with Crippen molar-refractivity contribution in [3.8, 4) is 17.1 Å². The molecule has 11 nitrogen and oxygen atoms in total.